The number of aliphatic hydroxyl groups excluding tert-OH is 1. The zero-order valence-electron chi connectivity index (χ0n) is 18.9. The lowest BCUT2D eigenvalue weighted by molar-refractivity contribution is -0.0599. The van der Waals surface area contributed by atoms with Gasteiger partial charge in [-0.2, -0.15) is 0 Å². The molecule has 6 nitrogen and oxygen atoms in total. The lowest BCUT2D eigenvalue weighted by Gasteiger charge is -2.36. The van der Waals surface area contributed by atoms with E-state index in [9.17, 15) is 14.3 Å². The highest BCUT2D eigenvalue weighted by Gasteiger charge is 2.31. The summed E-state index contributed by atoms with van der Waals surface area (Å²) in [5.74, 6) is 0.104. The van der Waals surface area contributed by atoms with Gasteiger partial charge in [-0.3, -0.25) is 9.69 Å². The summed E-state index contributed by atoms with van der Waals surface area (Å²) in [5.41, 5.74) is 1.58. The van der Waals surface area contributed by atoms with Crippen molar-refractivity contribution in [3.8, 4) is 0 Å². The summed E-state index contributed by atoms with van der Waals surface area (Å²) in [6.07, 6.45) is 1.57. The van der Waals surface area contributed by atoms with Crippen LogP contribution in [0.2, 0.25) is 0 Å². The highest BCUT2D eigenvalue weighted by molar-refractivity contribution is 5.94. The lowest BCUT2D eigenvalue weighted by Crippen LogP contribution is -2.51. The Morgan fingerprint density at radius 2 is 1.91 bits per heavy atom. The molecule has 7 heteroatoms. The number of rotatable bonds is 11. The van der Waals surface area contributed by atoms with Gasteiger partial charge in [-0.15, -0.1) is 0 Å². The molecule has 0 radical (unpaired) electrons. The van der Waals surface area contributed by atoms with E-state index in [1.165, 1.54) is 24.3 Å². The number of morpholine rings is 1. The van der Waals surface area contributed by atoms with E-state index in [0.29, 0.717) is 50.9 Å². The molecule has 2 fully saturated rings. The van der Waals surface area contributed by atoms with E-state index in [4.69, 9.17) is 9.47 Å². The summed E-state index contributed by atoms with van der Waals surface area (Å²) in [4.78, 5) is 17.1. The van der Waals surface area contributed by atoms with Gasteiger partial charge in [0, 0.05) is 38.3 Å². The number of benzene rings is 2. The minimum Gasteiger partial charge on any atom is -0.389 e. The predicted octanol–water partition coefficient (Wildman–Crippen LogP) is 2.96. The fourth-order valence-corrected chi connectivity index (χ4v) is 4.17. The number of amides is 1. The van der Waals surface area contributed by atoms with Gasteiger partial charge in [0.15, 0.2) is 0 Å². The Bertz CT molecular complexity index is 876. The largest absolute Gasteiger partial charge is 0.389 e. The third-order valence-electron chi connectivity index (χ3n) is 6.09. The summed E-state index contributed by atoms with van der Waals surface area (Å²) in [6.45, 7) is 4.39. The van der Waals surface area contributed by atoms with Gasteiger partial charge in [-0.1, -0.05) is 30.3 Å². The Morgan fingerprint density at radius 1 is 1.15 bits per heavy atom. The van der Waals surface area contributed by atoms with Crippen molar-refractivity contribution in [3.05, 3.63) is 71.5 Å². The maximum absolute atomic E-state index is 13.3. The first-order chi connectivity index (χ1) is 16.1. The topological polar surface area (TPSA) is 62.2 Å². The maximum Gasteiger partial charge on any atom is 0.253 e. The molecule has 1 aliphatic carbocycles. The minimum atomic E-state index is -0.587. The normalized spacial score (nSPS) is 19.9. The van der Waals surface area contributed by atoms with Crippen LogP contribution >= 0.6 is 0 Å². The van der Waals surface area contributed by atoms with Crippen LogP contribution in [0.3, 0.4) is 0 Å². The number of hydrogen-bond acceptors (Lipinski definition) is 5. The molecule has 178 valence electrons. The van der Waals surface area contributed by atoms with Crippen LogP contribution in [-0.2, 0) is 16.1 Å². The Hall–Kier alpha value is -2.32. The maximum atomic E-state index is 13.3. The average molecular weight is 457 g/mol. The van der Waals surface area contributed by atoms with Crippen molar-refractivity contribution in [1.29, 1.82) is 0 Å². The Balaban J connectivity index is 1.26. The molecule has 2 aromatic carbocycles. The van der Waals surface area contributed by atoms with Crippen molar-refractivity contribution in [3.63, 3.8) is 0 Å². The summed E-state index contributed by atoms with van der Waals surface area (Å²) < 4.78 is 24.9. The quantitative estimate of drug-likeness (QED) is 0.563. The zero-order chi connectivity index (χ0) is 23.0. The van der Waals surface area contributed by atoms with Crippen LogP contribution < -0.4 is 0 Å². The summed E-state index contributed by atoms with van der Waals surface area (Å²) in [6, 6.07) is 15.6. The van der Waals surface area contributed by atoms with Crippen molar-refractivity contribution in [2.24, 2.45) is 5.92 Å². The van der Waals surface area contributed by atoms with Crippen LogP contribution in [0.15, 0.2) is 54.6 Å². The zero-order valence-corrected chi connectivity index (χ0v) is 18.9. The minimum absolute atomic E-state index is 0.0861. The molecule has 0 spiro atoms. The number of aliphatic hydroxyl groups is 1. The number of halogens is 1. The van der Waals surface area contributed by atoms with Gasteiger partial charge in [-0.25, -0.2) is 4.39 Å². The number of carbonyl (C=O) groups is 1. The standard InChI is InChI=1S/C26H33FN2O4/c27-23-10-8-22(9-11-23)26(31)29(14-20-6-7-20)17-25-16-28(12-13-33-25)15-24(30)19-32-18-21-4-2-1-3-5-21/h1-5,8-11,20,24-25,30H,6-7,12-19H2/t24-,25-/m0/s1. The summed E-state index contributed by atoms with van der Waals surface area (Å²) in [5, 5.41) is 10.4. The molecule has 1 N–H and O–H groups in total. The second-order valence-corrected chi connectivity index (χ2v) is 9.07. The van der Waals surface area contributed by atoms with Gasteiger partial charge in [0.25, 0.3) is 5.91 Å². The number of hydrogen-bond donors (Lipinski definition) is 1. The first-order valence-corrected chi connectivity index (χ1v) is 11.8. The number of β-amino-alcohol motifs (C(OH)–C–C–N with tert-alkyl or cyclic N) is 1. The third-order valence-corrected chi connectivity index (χ3v) is 6.09. The van der Waals surface area contributed by atoms with E-state index >= 15 is 0 Å². The highest BCUT2D eigenvalue weighted by atomic mass is 19.1. The summed E-state index contributed by atoms with van der Waals surface area (Å²) in [7, 11) is 0. The van der Waals surface area contributed by atoms with E-state index < -0.39 is 6.10 Å². The molecular weight excluding hydrogens is 423 g/mol. The Kier molecular flexibility index (Phi) is 8.45. The fraction of sp³-hybridized carbons (Fsp3) is 0.500. The number of carbonyl (C=O) groups excluding carboxylic acids is 1. The molecular formula is C26H33FN2O4. The van der Waals surface area contributed by atoms with Crippen LogP contribution in [-0.4, -0.2) is 79.0 Å². The van der Waals surface area contributed by atoms with Gasteiger partial charge < -0.3 is 19.5 Å². The molecule has 0 bridgehead atoms. The molecule has 1 aliphatic heterocycles. The van der Waals surface area contributed by atoms with Gasteiger partial charge >= 0.3 is 0 Å². The lowest BCUT2D eigenvalue weighted by atomic mass is 10.1. The second-order valence-electron chi connectivity index (χ2n) is 9.07. The molecule has 4 rings (SSSR count). The van der Waals surface area contributed by atoms with Crippen LogP contribution in [0, 0.1) is 11.7 Å². The fourth-order valence-electron chi connectivity index (χ4n) is 4.17. The summed E-state index contributed by atoms with van der Waals surface area (Å²) >= 11 is 0. The first kappa shape index (κ1) is 23.8. The van der Waals surface area contributed by atoms with Crippen molar-refractivity contribution in [2.45, 2.75) is 31.7 Å². The Labute approximate surface area is 194 Å². The van der Waals surface area contributed by atoms with Crippen molar-refractivity contribution in [2.75, 3.05) is 45.9 Å². The predicted molar refractivity (Wildman–Crippen MR) is 123 cm³/mol. The van der Waals surface area contributed by atoms with Crippen LogP contribution in [0.25, 0.3) is 0 Å². The van der Waals surface area contributed by atoms with Crippen molar-refractivity contribution in [1.82, 2.24) is 9.80 Å². The highest BCUT2D eigenvalue weighted by Crippen LogP contribution is 2.30. The number of nitrogens with zero attached hydrogens (tertiary/aromatic N) is 2. The van der Waals surface area contributed by atoms with E-state index in [2.05, 4.69) is 4.90 Å². The van der Waals surface area contributed by atoms with Crippen LogP contribution in [0.5, 0.6) is 0 Å². The van der Waals surface area contributed by atoms with E-state index in [0.717, 1.165) is 24.9 Å². The molecule has 1 saturated heterocycles. The van der Waals surface area contributed by atoms with Gasteiger partial charge in [-0.05, 0) is 48.6 Å². The smallest absolute Gasteiger partial charge is 0.253 e. The van der Waals surface area contributed by atoms with Crippen molar-refractivity contribution < 1.29 is 23.8 Å². The van der Waals surface area contributed by atoms with Crippen LogP contribution in [0.4, 0.5) is 4.39 Å². The monoisotopic (exact) mass is 456 g/mol. The van der Waals surface area contributed by atoms with Gasteiger partial charge in [0.1, 0.15) is 5.82 Å². The molecule has 1 heterocycles. The molecule has 1 saturated carbocycles. The Morgan fingerprint density at radius 3 is 2.64 bits per heavy atom. The van der Waals surface area contributed by atoms with E-state index in [-0.39, 0.29) is 24.4 Å². The first-order valence-electron chi connectivity index (χ1n) is 11.8. The van der Waals surface area contributed by atoms with E-state index in [1.54, 1.807) is 0 Å². The molecule has 2 atom stereocenters. The molecule has 33 heavy (non-hydrogen) atoms. The number of ether oxygens (including phenoxy) is 2. The van der Waals surface area contributed by atoms with Crippen LogP contribution in [0.1, 0.15) is 28.8 Å². The van der Waals surface area contributed by atoms with E-state index in [1.807, 2.05) is 35.2 Å². The van der Waals surface area contributed by atoms with Gasteiger partial charge in [0.2, 0.25) is 0 Å². The van der Waals surface area contributed by atoms with Crippen molar-refractivity contribution >= 4 is 5.91 Å². The molecule has 1 amide bonds. The molecule has 0 unspecified atom stereocenters. The average Bonchev–Trinajstić information content (AvgIpc) is 3.64. The SMILES string of the molecule is O=C(c1ccc(F)cc1)N(CC1CC1)C[C@@H]1CN(C[C@H](O)COCc2ccccc2)CCO1. The second kappa shape index (κ2) is 11.7. The molecule has 2 aromatic rings. The molecule has 2 aliphatic rings. The third kappa shape index (κ3) is 7.61. The molecule has 0 aromatic heterocycles. The van der Waals surface area contributed by atoms with Gasteiger partial charge in [0.05, 0.1) is 32.0 Å².